The van der Waals surface area contributed by atoms with Crippen molar-refractivity contribution in [1.82, 2.24) is 4.90 Å². The molecule has 4 atom stereocenters. The predicted octanol–water partition coefficient (Wildman–Crippen LogP) is 4.31. The molecule has 1 aromatic heterocycles. The smallest absolute Gasteiger partial charge is 0.169 e. The average molecular weight is 430 g/mol. The maximum Gasteiger partial charge on any atom is 0.169 e. The SMILES string of the molecule is C=C(C)CN1CC[C@]23c4c5ccc(OC)c4O[C@H]2c2oc4ccccc4c2C[C@@]3(O)[C@H]1C5. The number of likely N-dealkylation sites (tertiary alicyclic amines) is 1. The molecule has 5 heteroatoms. The number of methoxy groups -OCH3 is 1. The number of fused-ring (bicyclic) bond motifs is 4. The lowest BCUT2D eigenvalue weighted by molar-refractivity contribution is -0.173. The molecule has 0 unspecified atom stereocenters. The number of aliphatic hydroxyl groups is 1. The van der Waals surface area contributed by atoms with E-state index in [1.54, 1.807) is 7.11 Å². The molecule has 32 heavy (non-hydrogen) atoms. The van der Waals surface area contributed by atoms with Crippen molar-refractivity contribution in [3.8, 4) is 11.5 Å². The lowest BCUT2D eigenvalue weighted by Crippen LogP contribution is -2.74. The lowest BCUT2D eigenvalue weighted by atomic mass is 9.49. The zero-order valence-electron chi connectivity index (χ0n) is 18.5. The molecular weight excluding hydrogens is 402 g/mol. The first kappa shape index (κ1) is 18.8. The molecule has 4 aliphatic rings. The van der Waals surface area contributed by atoms with Crippen LogP contribution in [0, 0.1) is 0 Å². The second-order valence-corrected chi connectivity index (χ2v) is 10.0. The van der Waals surface area contributed by atoms with Crippen molar-refractivity contribution < 1.29 is 19.0 Å². The summed E-state index contributed by atoms with van der Waals surface area (Å²) in [5.74, 6) is 2.39. The zero-order valence-corrected chi connectivity index (χ0v) is 18.5. The van der Waals surface area contributed by atoms with Crippen molar-refractivity contribution in [1.29, 1.82) is 0 Å². The Hall–Kier alpha value is -2.76. The predicted molar refractivity (Wildman–Crippen MR) is 121 cm³/mol. The van der Waals surface area contributed by atoms with Crippen LogP contribution in [0.5, 0.6) is 11.5 Å². The Bertz CT molecular complexity index is 1310. The van der Waals surface area contributed by atoms with E-state index in [1.165, 1.54) is 5.56 Å². The molecule has 1 N–H and O–H groups in total. The quantitative estimate of drug-likeness (QED) is 0.629. The molecule has 1 fully saturated rings. The summed E-state index contributed by atoms with van der Waals surface area (Å²) in [4.78, 5) is 2.43. The molecule has 5 nitrogen and oxygen atoms in total. The Kier molecular flexibility index (Phi) is 3.50. The highest BCUT2D eigenvalue weighted by Gasteiger charge is 2.73. The molecule has 1 saturated heterocycles. The summed E-state index contributed by atoms with van der Waals surface area (Å²) in [6.07, 6.45) is 1.80. The van der Waals surface area contributed by atoms with Crippen molar-refractivity contribution >= 4 is 11.0 Å². The molecule has 2 aliphatic carbocycles. The van der Waals surface area contributed by atoms with Gasteiger partial charge in [-0.15, -0.1) is 0 Å². The fourth-order valence-electron chi connectivity index (χ4n) is 7.26. The van der Waals surface area contributed by atoms with Crippen LogP contribution in [0.2, 0.25) is 0 Å². The van der Waals surface area contributed by atoms with E-state index < -0.39 is 11.0 Å². The minimum absolute atomic E-state index is 0.00675. The fraction of sp³-hybridized carbons (Fsp3) is 0.407. The Morgan fingerprint density at radius 1 is 1.28 bits per heavy atom. The first-order valence-corrected chi connectivity index (χ1v) is 11.5. The first-order valence-electron chi connectivity index (χ1n) is 11.5. The van der Waals surface area contributed by atoms with E-state index in [9.17, 15) is 5.11 Å². The number of furan rings is 1. The molecule has 0 radical (unpaired) electrons. The Morgan fingerprint density at radius 2 is 2.12 bits per heavy atom. The molecule has 2 aromatic carbocycles. The van der Waals surface area contributed by atoms with Crippen LogP contribution in [0.25, 0.3) is 11.0 Å². The molecule has 3 aromatic rings. The Balaban J connectivity index is 1.54. The van der Waals surface area contributed by atoms with E-state index in [4.69, 9.17) is 13.9 Å². The number of para-hydroxylation sites is 1. The third-order valence-corrected chi connectivity index (χ3v) is 8.42. The van der Waals surface area contributed by atoms with Gasteiger partial charge in [-0.2, -0.15) is 0 Å². The number of hydrogen-bond donors (Lipinski definition) is 1. The van der Waals surface area contributed by atoms with Crippen LogP contribution in [-0.4, -0.2) is 41.8 Å². The van der Waals surface area contributed by atoms with Crippen LogP contribution < -0.4 is 9.47 Å². The first-order chi connectivity index (χ1) is 15.5. The maximum atomic E-state index is 12.7. The van der Waals surface area contributed by atoms with Crippen LogP contribution >= 0.6 is 0 Å². The van der Waals surface area contributed by atoms with Crippen LogP contribution in [0.15, 0.2) is 53.0 Å². The van der Waals surface area contributed by atoms with Gasteiger partial charge in [-0.1, -0.05) is 36.4 Å². The van der Waals surface area contributed by atoms with Gasteiger partial charge in [-0.3, -0.25) is 4.90 Å². The number of piperidine rings is 1. The van der Waals surface area contributed by atoms with Crippen molar-refractivity contribution in [2.45, 2.75) is 49.3 Å². The summed E-state index contributed by atoms with van der Waals surface area (Å²) in [5.41, 5.74) is 3.95. The zero-order chi connectivity index (χ0) is 21.8. The monoisotopic (exact) mass is 429 g/mol. The van der Waals surface area contributed by atoms with E-state index in [-0.39, 0.29) is 12.1 Å². The summed E-state index contributed by atoms with van der Waals surface area (Å²) in [6.45, 7) is 7.92. The van der Waals surface area contributed by atoms with Gasteiger partial charge in [0.1, 0.15) is 11.3 Å². The highest BCUT2D eigenvalue weighted by atomic mass is 16.5. The Labute approximate surface area is 187 Å². The van der Waals surface area contributed by atoms with Gasteiger partial charge in [-0.05, 0) is 37.5 Å². The van der Waals surface area contributed by atoms with Gasteiger partial charge in [0, 0.05) is 42.1 Å². The largest absolute Gasteiger partial charge is 0.493 e. The highest BCUT2D eigenvalue weighted by molar-refractivity contribution is 5.84. The molecular formula is C27H27NO4. The van der Waals surface area contributed by atoms with Crippen LogP contribution in [-0.2, 0) is 18.3 Å². The molecule has 1 spiro atoms. The van der Waals surface area contributed by atoms with Crippen molar-refractivity contribution in [3.05, 3.63) is 71.0 Å². The maximum absolute atomic E-state index is 12.7. The minimum Gasteiger partial charge on any atom is -0.493 e. The van der Waals surface area contributed by atoms with Crippen molar-refractivity contribution in [2.24, 2.45) is 0 Å². The van der Waals surface area contributed by atoms with E-state index in [0.29, 0.717) is 6.42 Å². The number of rotatable bonds is 3. The van der Waals surface area contributed by atoms with Gasteiger partial charge in [0.05, 0.1) is 18.1 Å². The number of nitrogens with zero attached hydrogens (tertiary/aromatic N) is 1. The summed E-state index contributed by atoms with van der Waals surface area (Å²) in [7, 11) is 1.68. The molecule has 0 saturated carbocycles. The minimum atomic E-state index is -0.963. The molecule has 7 rings (SSSR count). The van der Waals surface area contributed by atoms with Crippen LogP contribution in [0.1, 0.15) is 41.9 Å². The Morgan fingerprint density at radius 3 is 2.94 bits per heavy atom. The molecule has 2 bridgehead atoms. The van der Waals surface area contributed by atoms with E-state index in [2.05, 4.69) is 30.5 Å². The normalized spacial score (nSPS) is 31.7. The van der Waals surface area contributed by atoms with Gasteiger partial charge < -0.3 is 19.0 Å². The van der Waals surface area contributed by atoms with Gasteiger partial charge in [0.25, 0.3) is 0 Å². The van der Waals surface area contributed by atoms with Crippen LogP contribution in [0.4, 0.5) is 0 Å². The second-order valence-electron chi connectivity index (χ2n) is 10.0. The molecule has 3 heterocycles. The highest BCUT2D eigenvalue weighted by Crippen LogP contribution is 2.69. The van der Waals surface area contributed by atoms with E-state index >= 15 is 0 Å². The van der Waals surface area contributed by atoms with Crippen LogP contribution in [0.3, 0.4) is 0 Å². The summed E-state index contributed by atoms with van der Waals surface area (Å²) in [6, 6.07) is 12.3. The molecule has 164 valence electrons. The number of benzene rings is 2. The van der Waals surface area contributed by atoms with Gasteiger partial charge in [0.2, 0.25) is 0 Å². The fourth-order valence-corrected chi connectivity index (χ4v) is 7.26. The van der Waals surface area contributed by atoms with E-state index in [1.807, 2.05) is 24.3 Å². The summed E-state index contributed by atoms with van der Waals surface area (Å²) in [5, 5.41) is 13.8. The number of ether oxygens (including phenoxy) is 2. The van der Waals surface area contributed by atoms with Crippen molar-refractivity contribution in [2.75, 3.05) is 20.2 Å². The number of hydrogen-bond acceptors (Lipinski definition) is 5. The topological polar surface area (TPSA) is 55.1 Å². The third kappa shape index (κ3) is 1.98. The average Bonchev–Trinajstić information content (AvgIpc) is 3.30. The standard InChI is InChI=1S/C27H27NO4/c1-15(2)14-28-11-10-26-22-16-8-9-20(30-3)24(22)32-25(26)23-18(13-27(26,29)21(28)12-16)17-6-4-5-7-19(17)31-23/h4-9,21,25,29H,1,10-14H2,2-3H3/t21-,25+,26+,27-/m1/s1. The van der Waals surface area contributed by atoms with Gasteiger partial charge >= 0.3 is 0 Å². The van der Waals surface area contributed by atoms with Crippen molar-refractivity contribution in [3.63, 3.8) is 0 Å². The second kappa shape index (κ2) is 5.97. The third-order valence-electron chi connectivity index (χ3n) is 8.42. The summed E-state index contributed by atoms with van der Waals surface area (Å²) < 4.78 is 18.9. The molecule has 0 amide bonds. The van der Waals surface area contributed by atoms with E-state index in [0.717, 1.165) is 70.9 Å². The van der Waals surface area contributed by atoms with Gasteiger partial charge in [-0.25, -0.2) is 0 Å². The summed E-state index contributed by atoms with van der Waals surface area (Å²) >= 11 is 0. The molecule has 2 aliphatic heterocycles. The lowest BCUT2D eigenvalue weighted by Gasteiger charge is -2.62. The van der Waals surface area contributed by atoms with Gasteiger partial charge in [0.15, 0.2) is 17.6 Å².